The van der Waals surface area contributed by atoms with Gasteiger partial charge >= 0.3 is 0 Å². The molecule has 2 nitrogen and oxygen atoms in total. The minimum absolute atomic E-state index is 0.478. The van der Waals surface area contributed by atoms with E-state index in [1.165, 1.54) is 11.3 Å². The summed E-state index contributed by atoms with van der Waals surface area (Å²) in [4.78, 5) is 0.875. The molecular weight excluding hydrogens is 252 g/mol. The van der Waals surface area contributed by atoms with Crippen molar-refractivity contribution < 1.29 is 0 Å². The zero-order valence-corrected chi connectivity index (χ0v) is 10.4. The first-order chi connectivity index (χ1) is 8.22. The van der Waals surface area contributed by atoms with Gasteiger partial charge < -0.3 is 5.73 Å². The van der Waals surface area contributed by atoms with Crippen LogP contribution >= 0.6 is 22.9 Å². The van der Waals surface area contributed by atoms with Crippen molar-refractivity contribution in [2.24, 2.45) is 5.73 Å². The Bertz CT molecular complexity index is 577. The molecule has 1 aromatic heterocycles. The van der Waals surface area contributed by atoms with E-state index in [0.29, 0.717) is 16.3 Å². The minimum atomic E-state index is 0.478. The lowest BCUT2D eigenvalue weighted by atomic mass is 10.1. The van der Waals surface area contributed by atoms with Crippen LogP contribution in [-0.4, -0.2) is 0 Å². The van der Waals surface area contributed by atoms with Crippen LogP contribution in [-0.2, 0) is 0 Å². The van der Waals surface area contributed by atoms with Crippen molar-refractivity contribution in [3.63, 3.8) is 0 Å². The molecule has 0 saturated heterocycles. The van der Waals surface area contributed by atoms with Crippen LogP contribution in [0.3, 0.4) is 0 Å². The topological polar surface area (TPSA) is 49.8 Å². The summed E-state index contributed by atoms with van der Waals surface area (Å²) in [7, 11) is 0. The average Bonchev–Trinajstić information content (AvgIpc) is 2.84. The molecular formula is C13H9ClN2S. The van der Waals surface area contributed by atoms with Crippen LogP contribution < -0.4 is 5.73 Å². The van der Waals surface area contributed by atoms with E-state index in [9.17, 15) is 5.26 Å². The van der Waals surface area contributed by atoms with Crippen LogP contribution in [0.2, 0.25) is 5.02 Å². The molecule has 4 heteroatoms. The number of rotatable bonds is 2. The fourth-order valence-electron chi connectivity index (χ4n) is 1.44. The highest BCUT2D eigenvalue weighted by molar-refractivity contribution is 7.11. The van der Waals surface area contributed by atoms with Gasteiger partial charge in [0.2, 0.25) is 0 Å². The molecule has 0 saturated carbocycles. The minimum Gasteiger partial charge on any atom is -0.397 e. The van der Waals surface area contributed by atoms with Crippen LogP contribution in [0.1, 0.15) is 10.4 Å². The first-order valence-electron chi connectivity index (χ1n) is 4.92. The Morgan fingerprint density at radius 2 is 1.94 bits per heavy atom. The average molecular weight is 261 g/mol. The van der Waals surface area contributed by atoms with E-state index in [4.69, 9.17) is 17.3 Å². The molecule has 17 heavy (non-hydrogen) atoms. The molecule has 0 fully saturated rings. The lowest BCUT2D eigenvalue weighted by Crippen LogP contribution is -1.99. The maximum atomic E-state index is 9.18. The Morgan fingerprint density at radius 3 is 2.47 bits per heavy atom. The number of nitrogens with zero attached hydrogens (tertiary/aromatic N) is 1. The highest BCUT2D eigenvalue weighted by atomic mass is 35.5. The SMILES string of the molecule is N#C/C(=C(/N)c1ccc(Cl)cc1)c1cccs1. The number of nitrogens with two attached hydrogens (primary N) is 1. The van der Waals surface area contributed by atoms with Crippen LogP contribution in [0.25, 0.3) is 11.3 Å². The number of nitriles is 1. The van der Waals surface area contributed by atoms with Gasteiger partial charge in [-0.1, -0.05) is 29.8 Å². The first-order valence-corrected chi connectivity index (χ1v) is 6.18. The zero-order valence-electron chi connectivity index (χ0n) is 8.85. The Morgan fingerprint density at radius 1 is 1.24 bits per heavy atom. The van der Waals surface area contributed by atoms with Crippen molar-refractivity contribution in [3.8, 4) is 6.07 Å². The number of halogens is 1. The van der Waals surface area contributed by atoms with Crippen molar-refractivity contribution in [2.75, 3.05) is 0 Å². The monoisotopic (exact) mass is 260 g/mol. The van der Waals surface area contributed by atoms with Gasteiger partial charge in [0.15, 0.2) is 0 Å². The van der Waals surface area contributed by atoms with Crippen molar-refractivity contribution >= 4 is 34.2 Å². The molecule has 0 aliphatic heterocycles. The Balaban J connectivity index is 2.50. The maximum absolute atomic E-state index is 9.18. The van der Waals surface area contributed by atoms with Gasteiger partial charge in [-0.15, -0.1) is 11.3 Å². The van der Waals surface area contributed by atoms with E-state index in [1.54, 1.807) is 12.1 Å². The smallest absolute Gasteiger partial charge is 0.103 e. The summed E-state index contributed by atoms with van der Waals surface area (Å²) < 4.78 is 0. The zero-order chi connectivity index (χ0) is 12.3. The number of hydrogen-bond acceptors (Lipinski definition) is 3. The third kappa shape index (κ3) is 2.50. The Labute approximate surface area is 109 Å². The number of benzene rings is 1. The van der Waals surface area contributed by atoms with Crippen LogP contribution in [0.15, 0.2) is 41.8 Å². The highest BCUT2D eigenvalue weighted by Gasteiger charge is 2.09. The third-order valence-electron chi connectivity index (χ3n) is 2.30. The Kier molecular flexibility index (Phi) is 3.48. The molecule has 0 atom stereocenters. The second-order valence-electron chi connectivity index (χ2n) is 3.38. The summed E-state index contributed by atoms with van der Waals surface area (Å²) in [6.07, 6.45) is 0. The quantitative estimate of drug-likeness (QED) is 0.836. The van der Waals surface area contributed by atoms with Gasteiger partial charge in [-0.25, -0.2) is 0 Å². The fraction of sp³-hybridized carbons (Fsp3) is 0. The standard InChI is InChI=1S/C13H9ClN2S/c14-10-5-3-9(4-6-10)13(16)11(8-15)12-2-1-7-17-12/h1-7H,16H2/b13-11-. The molecule has 2 rings (SSSR count). The van der Waals surface area contributed by atoms with Crippen LogP contribution in [0, 0.1) is 11.3 Å². The normalized spacial score (nSPS) is 11.8. The molecule has 1 heterocycles. The van der Waals surface area contributed by atoms with Crippen molar-refractivity contribution in [2.45, 2.75) is 0 Å². The van der Waals surface area contributed by atoms with Gasteiger partial charge in [0, 0.05) is 9.90 Å². The molecule has 0 radical (unpaired) electrons. The van der Waals surface area contributed by atoms with E-state index < -0.39 is 0 Å². The van der Waals surface area contributed by atoms with Crippen LogP contribution in [0.4, 0.5) is 0 Å². The molecule has 1 aromatic carbocycles. The number of hydrogen-bond donors (Lipinski definition) is 1. The lowest BCUT2D eigenvalue weighted by molar-refractivity contribution is 1.50. The van der Waals surface area contributed by atoms with E-state index in [0.717, 1.165) is 10.4 Å². The van der Waals surface area contributed by atoms with Gasteiger partial charge in [0.05, 0.1) is 11.3 Å². The molecule has 0 aliphatic rings. The van der Waals surface area contributed by atoms with Gasteiger partial charge in [-0.2, -0.15) is 5.26 Å². The van der Waals surface area contributed by atoms with Gasteiger partial charge in [-0.05, 0) is 29.1 Å². The number of thiophene rings is 1. The molecule has 0 unspecified atom stereocenters. The van der Waals surface area contributed by atoms with E-state index in [-0.39, 0.29) is 0 Å². The van der Waals surface area contributed by atoms with E-state index >= 15 is 0 Å². The molecule has 0 aliphatic carbocycles. The predicted molar refractivity (Wildman–Crippen MR) is 72.4 cm³/mol. The third-order valence-corrected chi connectivity index (χ3v) is 3.44. The molecule has 0 bridgehead atoms. The van der Waals surface area contributed by atoms with E-state index in [2.05, 4.69) is 6.07 Å². The number of allylic oxidation sites excluding steroid dienone is 1. The second-order valence-corrected chi connectivity index (χ2v) is 4.77. The van der Waals surface area contributed by atoms with Crippen molar-refractivity contribution in [3.05, 3.63) is 57.2 Å². The summed E-state index contributed by atoms with van der Waals surface area (Å²) >= 11 is 7.30. The molecule has 0 spiro atoms. The van der Waals surface area contributed by atoms with Crippen molar-refractivity contribution in [1.29, 1.82) is 5.26 Å². The van der Waals surface area contributed by atoms with Gasteiger partial charge in [-0.3, -0.25) is 0 Å². The second kappa shape index (κ2) is 5.05. The molecule has 84 valence electrons. The van der Waals surface area contributed by atoms with Gasteiger partial charge in [0.1, 0.15) is 6.07 Å². The van der Waals surface area contributed by atoms with Crippen LogP contribution in [0.5, 0.6) is 0 Å². The molecule has 2 aromatic rings. The first kappa shape index (κ1) is 11.7. The Hall–Kier alpha value is -1.76. The summed E-state index contributed by atoms with van der Waals surface area (Å²) in [5.74, 6) is 0. The maximum Gasteiger partial charge on any atom is 0.103 e. The largest absolute Gasteiger partial charge is 0.397 e. The summed E-state index contributed by atoms with van der Waals surface area (Å²) in [6, 6.07) is 13.1. The van der Waals surface area contributed by atoms with E-state index in [1.807, 2.05) is 29.6 Å². The van der Waals surface area contributed by atoms with Crippen molar-refractivity contribution in [1.82, 2.24) is 0 Å². The fourth-order valence-corrected chi connectivity index (χ4v) is 2.30. The predicted octanol–water partition coefficient (Wildman–Crippen LogP) is 3.75. The molecule has 0 amide bonds. The summed E-state index contributed by atoms with van der Waals surface area (Å²) in [5.41, 5.74) is 7.80. The van der Waals surface area contributed by atoms with Gasteiger partial charge in [0.25, 0.3) is 0 Å². The molecule has 2 N–H and O–H groups in total. The lowest BCUT2D eigenvalue weighted by Gasteiger charge is -2.04. The highest BCUT2D eigenvalue weighted by Crippen LogP contribution is 2.26. The summed E-state index contributed by atoms with van der Waals surface area (Å²) in [6.45, 7) is 0. The summed E-state index contributed by atoms with van der Waals surface area (Å²) in [5, 5.41) is 11.7.